The third-order valence-electron chi connectivity index (χ3n) is 6.64. The zero-order chi connectivity index (χ0) is 24.1. The summed E-state index contributed by atoms with van der Waals surface area (Å²) in [5.41, 5.74) is 7.95. The van der Waals surface area contributed by atoms with Crippen molar-refractivity contribution in [2.24, 2.45) is 11.7 Å². The minimum absolute atomic E-state index is 0.00262. The van der Waals surface area contributed by atoms with Gasteiger partial charge in [0.1, 0.15) is 17.7 Å². The summed E-state index contributed by atoms with van der Waals surface area (Å²) in [5.74, 6) is 1.09. The van der Waals surface area contributed by atoms with Crippen molar-refractivity contribution in [1.29, 1.82) is 0 Å². The van der Waals surface area contributed by atoms with E-state index in [9.17, 15) is 9.90 Å². The molecular weight excluding hydrogens is 456 g/mol. The molecular formula is C23H26ClN8O2+. The number of carbonyl (C=O) groups is 1. The van der Waals surface area contributed by atoms with Gasteiger partial charge >= 0.3 is 0 Å². The second kappa shape index (κ2) is 8.28. The smallest absolute Gasteiger partial charge is 0.274 e. The average Bonchev–Trinajstić information content (AvgIpc) is 3.49. The van der Waals surface area contributed by atoms with Gasteiger partial charge in [0.05, 0.1) is 28.4 Å². The molecule has 3 aromatic rings. The predicted molar refractivity (Wildman–Crippen MR) is 127 cm³/mol. The third kappa shape index (κ3) is 3.73. The molecule has 2 aliphatic rings. The molecule has 2 aromatic heterocycles. The first-order valence-electron chi connectivity index (χ1n) is 11.1. The van der Waals surface area contributed by atoms with Crippen LogP contribution in [0.1, 0.15) is 40.3 Å². The highest BCUT2D eigenvalue weighted by Gasteiger charge is 2.49. The average molecular weight is 482 g/mol. The van der Waals surface area contributed by atoms with Gasteiger partial charge in [0.2, 0.25) is 0 Å². The van der Waals surface area contributed by atoms with Crippen LogP contribution in [0.5, 0.6) is 5.75 Å². The molecule has 6 N–H and O–H groups in total. The molecule has 10 nitrogen and oxygen atoms in total. The van der Waals surface area contributed by atoms with Crippen LogP contribution in [0.4, 0.5) is 5.82 Å². The molecule has 0 radical (unpaired) electrons. The second-order valence-corrected chi connectivity index (χ2v) is 9.30. The first kappa shape index (κ1) is 22.1. The van der Waals surface area contributed by atoms with Crippen LogP contribution in [0, 0.1) is 19.8 Å². The monoisotopic (exact) mass is 481 g/mol. The van der Waals surface area contributed by atoms with Crippen LogP contribution < -0.4 is 21.4 Å². The zero-order valence-corrected chi connectivity index (χ0v) is 19.6. The lowest BCUT2D eigenvalue weighted by Gasteiger charge is -2.29. The number of rotatable bonds is 5. The number of anilines is 1. The number of amidine groups is 1. The van der Waals surface area contributed by atoms with Crippen molar-refractivity contribution in [3.63, 3.8) is 0 Å². The quantitative estimate of drug-likeness (QED) is 0.306. The van der Waals surface area contributed by atoms with E-state index in [0.29, 0.717) is 40.0 Å². The molecule has 3 atom stereocenters. The molecule has 3 unspecified atom stereocenters. The van der Waals surface area contributed by atoms with Gasteiger partial charge in [-0.15, -0.1) is 0 Å². The first-order chi connectivity index (χ1) is 16.2. The van der Waals surface area contributed by atoms with E-state index in [0.717, 1.165) is 18.5 Å². The van der Waals surface area contributed by atoms with E-state index in [1.807, 2.05) is 11.8 Å². The number of aryl methyl sites for hydroxylation is 2. The number of hydrogen-bond donors (Lipinski definition) is 4. The van der Waals surface area contributed by atoms with Crippen molar-refractivity contribution in [3.8, 4) is 11.4 Å². The highest BCUT2D eigenvalue weighted by Crippen LogP contribution is 2.43. The van der Waals surface area contributed by atoms with Gasteiger partial charge in [0.25, 0.3) is 11.7 Å². The number of aromatic nitrogens is 4. The maximum Gasteiger partial charge on any atom is 0.274 e. The van der Waals surface area contributed by atoms with Gasteiger partial charge in [-0.1, -0.05) is 11.6 Å². The zero-order valence-electron chi connectivity index (χ0n) is 18.9. The van der Waals surface area contributed by atoms with Gasteiger partial charge in [0, 0.05) is 12.2 Å². The lowest BCUT2D eigenvalue weighted by Crippen LogP contribution is -2.46. The molecule has 1 aliphatic carbocycles. The van der Waals surface area contributed by atoms with E-state index in [4.69, 9.17) is 22.7 Å². The maximum atomic E-state index is 13.1. The van der Waals surface area contributed by atoms with E-state index in [1.165, 1.54) is 0 Å². The molecule has 1 saturated carbocycles. The molecule has 2 fully saturated rings. The Morgan fingerprint density at radius 1 is 1.26 bits per heavy atom. The molecule has 34 heavy (non-hydrogen) atoms. The maximum absolute atomic E-state index is 13.1. The number of pyridine rings is 1. The Morgan fingerprint density at radius 2 is 2.06 bits per heavy atom. The fourth-order valence-corrected chi connectivity index (χ4v) is 5.32. The van der Waals surface area contributed by atoms with Gasteiger partial charge in [-0.2, -0.15) is 5.10 Å². The summed E-state index contributed by atoms with van der Waals surface area (Å²) in [4.78, 5) is 23.9. The minimum atomic E-state index is -0.239. The van der Waals surface area contributed by atoms with Crippen LogP contribution in [-0.2, 0) is 0 Å². The fourth-order valence-electron chi connectivity index (χ4n) is 5.06. The van der Waals surface area contributed by atoms with E-state index in [2.05, 4.69) is 20.4 Å². The van der Waals surface area contributed by atoms with E-state index in [-0.39, 0.29) is 35.5 Å². The summed E-state index contributed by atoms with van der Waals surface area (Å²) in [6, 6.07) is 6.74. The standard InChI is InChI=1S/C23H25ClN8O2/c1-11-7-16(21(25)26)20(33)22(28-11)31-9-13-3-6-18(31)19(13)29-23(34)15-5-4-14(8-17(15)24)32-10-27-12(2)30-32/h4-5,7-8,10,13,18-19,33H,3,6,9H2,1-2H3,(H3,25,26)(H,29,34)/p+1. The van der Waals surface area contributed by atoms with Crippen LogP contribution in [0.25, 0.3) is 5.69 Å². The molecule has 176 valence electrons. The number of piperidine rings is 1. The molecule has 3 heterocycles. The lowest BCUT2D eigenvalue weighted by molar-refractivity contribution is -0.114. The Hall–Kier alpha value is -3.66. The van der Waals surface area contributed by atoms with Gasteiger partial charge in [-0.3, -0.25) is 15.9 Å². The lowest BCUT2D eigenvalue weighted by atomic mass is 10.1. The number of nitrogens with one attached hydrogen (secondary N) is 1. The van der Waals surface area contributed by atoms with Crippen molar-refractivity contribution in [2.45, 2.75) is 38.8 Å². The molecule has 5 rings (SSSR count). The Morgan fingerprint density at radius 3 is 2.74 bits per heavy atom. The number of nitrogens with two attached hydrogens (primary N) is 2. The van der Waals surface area contributed by atoms with E-state index < -0.39 is 0 Å². The van der Waals surface area contributed by atoms with Crippen molar-refractivity contribution >= 4 is 29.2 Å². The normalized spacial score (nSPS) is 21.1. The van der Waals surface area contributed by atoms with Crippen LogP contribution in [0.2, 0.25) is 5.02 Å². The topological polar surface area (TPSA) is 148 Å². The third-order valence-corrected chi connectivity index (χ3v) is 6.95. The number of fused-ring (bicyclic) bond motifs is 2. The van der Waals surface area contributed by atoms with E-state index in [1.54, 1.807) is 42.2 Å². The number of benzene rings is 1. The van der Waals surface area contributed by atoms with E-state index >= 15 is 0 Å². The summed E-state index contributed by atoms with van der Waals surface area (Å²) in [6.45, 7) is 4.30. The Kier molecular flexibility index (Phi) is 5.40. The predicted octanol–water partition coefficient (Wildman–Crippen LogP) is 0.500. The number of carbonyl (C=O) groups excluding carboxylic acids is 1. The van der Waals surface area contributed by atoms with Gasteiger partial charge in [0.15, 0.2) is 11.6 Å². The number of nitrogens with zero attached hydrogens (tertiary/aromatic N) is 5. The molecule has 1 aliphatic heterocycles. The molecule has 1 saturated heterocycles. The van der Waals surface area contributed by atoms with Crippen molar-refractivity contribution in [2.75, 3.05) is 11.4 Å². The fraction of sp³-hybridized carbons (Fsp3) is 0.348. The molecule has 1 aromatic carbocycles. The van der Waals surface area contributed by atoms with Gasteiger partial charge in [-0.05, 0) is 56.9 Å². The van der Waals surface area contributed by atoms with Crippen LogP contribution in [0.15, 0.2) is 30.6 Å². The van der Waals surface area contributed by atoms with Gasteiger partial charge in [-0.25, -0.2) is 14.6 Å². The van der Waals surface area contributed by atoms with Crippen LogP contribution in [0.3, 0.4) is 0 Å². The van der Waals surface area contributed by atoms with Crippen molar-refractivity contribution < 1.29 is 15.3 Å². The largest absolute Gasteiger partial charge is 0.504 e. The van der Waals surface area contributed by atoms with Gasteiger partial charge < -0.3 is 15.3 Å². The SMILES string of the molecule is Cc1cc(C(N)=[NH2+])c(O)c(N2CC3CCC2C3NC(=O)c2ccc(-n3cnc(C)n3)cc2Cl)n1. The number of aromatic hydroxyl groups is 1. The Labute approximate surface area is 201 Å². The van der Waals surface area contributed by atoms with Crippen LogP contribution in [-0.4, -0.2) is 55.2 Å². The summed E-state index contributed by atoms with van der Waals surface area (Å²) in [7, 11) is 0. The Balaban J connectivity index is 1.37. The Bertz CT molecular complexity index is 1310. The summed E-state index contributed by atoms with van der Waals surface area (Å²) in [6.07, 6.45) is 3.46. The highest BCUT2D eigenvalue weighted by molar-refractivity contribution is 6.34. The summed E-state index contributed by atoms with van der Waals surface area (Å²) < 4.78 is 1.61. The van der Waals surface area contributed by atoms with Crippen molar-refractivity contribution in [3.05, 3.63) is 58.3 Å². The first-order valence-corrected chi connectivity index (χ1v) is 11.4. The van der Waals surface area contributed by atoms with Crippen LogP contribution >= 0.6 is 11.6 Å². The number of halogens is 1. The molecule has 0 spiro atoms. The second-order valence-electron chi connectivity index (χ2n) is 8.90. The molecule has 2 bridgehead atoms. The minimum Gasteiger partial charge on any atom is -0.504 e. The summed E-state index contributed by atoms with van der Waals surface area (Å²) >= 11 is 6.46. The highest BCUT2D eigenvalue weighted by atomic mass is 35.5. The molecule has 11 heteroatoms. The molecule has 1 amide bonds. The van der Waals surface area contributed by atoms with Crippen molar-refractivity contribution in [1.82, 2.24) is 25.1 Å². The summed E-state index contributed by atoms with van der Waals surface area (Å²) in [5, 5.41) is 24.3. The number of hydrogen-bond acceptors (Lipinski definition) is 6. The number of amides is 1.